The number of halogens is 1. The molecule has 0 radical (unpaired) electrons. The number of methoxy groups -OCH3 is 2. The number of carbonyl (C=O) groups excluding carboxylic acids is 2. The Morgan fingerprint density at radius 1 is 1.27 bits per heavy atom. The molecule has 3 unspecified atom stereocenters. The summed E-state index contributed by atoms with van der Waals surface area (Å²) >= 11 is 8.13. The highest BCUT2D eigenvalue weighted by molar-refractivity contribution is 7.98. The van der Waals surface area contributed by atoms with Crippen LogP contribution in [0.2, 0.25) is 5.02 Å². The molecule has 4 rings (SSSR count). The summed E-state index contributed by atoms with van der Waals surface area (Å²) in [5, 5.41) is 10.0. The molecule has 2 aromatic carbocycles. The van der Waals surface area contributed by atoms with E-state index in [9.17, 15) is 9.59 Å². The number of carbonyl (C=O) groups is 2. The van der Waals surface area contributed by atoms with E-state index >= 15 is 0 Å². The number of nitrogens with one attached hydrogen (secondary N) is 3. The summed E-state index contributed by atoms with van der Waals surface area (Å²) in [6.45, 7) is 1.90. The maximum atomic E-state index is 13.7. The molecular formula is C24H28ClN3O4S. The van der Waals surface area contributed by atoms with Crippen molar-refractivity contribution in [3.05, 3.63) is 46.5 Å². The first-order valence-electron chi connectivity index (χ1n) is 10.8. The summed E-state index contributed by atoms with van der Waals surface area (Å²) < 4.78 is 10.7. The molecule has 2 aromatic rings. The van der Waals surface area contributed by atoms with Gasteiger partial charge in [-0.1, -0.05) is 11.6 Å². The number of fused-ring (bicyclic) bond motifs is 2. The molecule has 9 heteroatoms. The van der Waals surface area contributed by atoms with Crippen LogP contribution in [-0.4, -0.2) is 44.1 Å². The summed E-state index contributed by atoms with van der Waals surface area (Å²) in [6.07, 6.45) is 3.42. The van der Waals surface area contributed by atoms with Crippen LogP contribution in [0.15, 0.2) is 30.3 Å². The number of ether oxygens (including phenoxy) is 2. The van der Waals surface area contributed by atoms with Crippen molar-refractivity contribution < 1.29 is 19.1 Å². The lowest BCUT2D eigenvalue weighted by Gasteiger charge is -2.29. The highest BCUT2D eigenvalue weighted by Gasteiger charge is 2.60. The second-order valence-corrected chi connectivity index (χ2v) is 9.80. The van der Waals surface area contributed by atoms with Gasteiger partial charge in [-0.05, 0) is 61.6 Å². The van der Waals surface area contributed by atoms with Gasteiger partial charge in [-0.25, -0.2) is 0 Å². The lowest BCUT2D eigenvalue weighted by Crippen LogP contribution is -2.52. The van der Waals surface area contributed by atoms with E-state index in [1.54, 1.807) is 50.2 Å². The van der Waals surface area contributed by atoms with Crippen molar-refractivity contribution in [2.45, 2.75) is 31.3 Å². The van der Waals surface area contributed by atoms with Gasteiger partial charge in [-0.15, -0.1) is 0 Å². The maximum absolute atomic E-state index is 13.7. The van der Waals surface area contributed by atoms with E-state index < -0.39 is 11.5 Å². The van der Waals surface area contributed by atoms with Crippen LogP contribution >= 0.6 is 23.4 Å². The maximum Gasteiger partial charge on any atom is 0.250 e. The van der Waals surface area contributed by atoms with Crippen LogP contribution in [0.3, 0.4) is 0 Å². The molecule has 1 spiro atoms. The van der Waals surface area contributed by atoms with Crippen molar-refractivity contribution in [1.82, 2.24) is 5.32 Å². The van der Waals surface area contributed by atoms with E-state index in [4.69, 9.17) is 21.1 Å². The van der Waals surface area contributed by atoms with E-state index in [-0.39, 0.29) is 17.9 Å². The van der Waals surface area contributed by atoms with Gasteiger partial charge < -0.3 is 20.1 Å². The largest absolute Gasteiger partial charge is 0.497 e. The Labute approximate surface area is 202 Å². The minimum absolute atomic E-state index is 0.0105. The fourth-order valence-corrected chi connectivity index (χ4v) is 5.66. The SMILES string of the molecule is COc1ccc(OC)c(NC(=O)C2CC(CCSC)NC23C(=O)Nc2c(C)cc(Cl)cc23)c1. The van der Waals surface area contributed by atoms with Crippen LogP contribution in [0.5, 0.6) is 11.5 Å². The number of aryl methyl sites for hydroxylation is 1. The van der Waals surface area contributed by atoms with Gasteiger partial charge in [0.25, 0.3) is 0 Å². The third-order valence-electron chi connectivity index (χ3n) is 6.45. The first kappa shape index (κ1) is 23.7. The molecule has 2 heterocycles. The minimum atomic E-state index is -1.19. The molecule has 3 atom stereocenters. The van der Waals surface area contributed by atoms with Gasteiger partial charge in [0.15, 0.2) is 0 Å². The van der Waals surface area contributed by atoms with Crippen molar-refractivity contribution in [2.24, 2.45) is 5.92 Å². The van der Waals surface area contributed by atoms with Crippen molar-refractivity contribution in [3.8, 4) is 11.5 Å². The molecule has 2 aliphatic rings. The molecule has 2 aliphatic heterocycles. The third-order valence-corrected chi connectivity index (χ3v) is 7.31. The average molecular weight is 490 g/mol. The van der Waals surface area contributed by atoms with Gasteiger partial charge in [0.2, 0.25) is 11.8 Å². The number of benzene rings is 2. The van der Waals surface area contributed by atoms with Gasteiger partial charge in [-0.3, -0.25) is 14.9 Å². The summed E-state index contributed by atoms with van der Waals surface area (Å²) in [6, 6.07) is 8.82. The van der Waals surface area contributed by atoms with Crippen molar-refractivity contribution in [3.63, 3.8) is 0 Å². The number of hydrogen-bond donors (Lipinski definition) is 3. The standard InChI is InChI=1S/C24H28ClN3O4S/c1-13-9-14(25)10-17-21(13)27-23(30)24(17)18(11-15(28-24)7-8-33-4)22(29)26-19-12-16(31-2)5-6-20(19)32-3/h5-6,9-10,12,15,18,28H,7-8,11H2,1-4H3,(H,26,29)(H,27,30). The molecule has 33 heavy (non-hydrogen) atoms. The highest BCUT2D eigenvalue weighted by Crippen LogP contribution is 2.49. The van der Waals surface area contributed by atoms with E-state index in [1.807, 2.05) is 19.2 Å². The van der Waals surface area contributed by atoms with Gasteiger partial charge in [0, 0.05) is 28.4 Å². The highest BCUT2D eigenvalue weighted by atomic mass is 35.5. The molecule has 2 amide bonds. The molecule has 1 fully saturated rings. The van der Waals surface area contributed by atoms with Crippen molar-refractivity contribution in [2.75, 3.05) is 36.9 Å². The number of rotatable bonds is 7. The number of anilines is 2. The Morgan fingerprint density at radius 2 is 2.06 bits per heavy atom. The molecule has 176 valence electrons. The average Bonchev–Trinajstić information content (AvgIpc) is 3.32. The zero-order valence-corrected chi connectivity index (χ0v) is 20.7. The fourth-order valence-electron chi connectivity index (χ4n) is 4.87. The Bertz CT molecular complexity index is 1100. The Balaban J connectivity index is 1.75. The van der Waals surface area contributed by atoms with Gasteiger partial charge in [-0.2, -0.15) is 11.8 Å². The molecule has 0 aromatic heterocycles. The Hall–Kier alpha value is -2.42. The normalized spacial score (nSPS) is 23.4. The third kappa shape index (κ3) is 4.16. The van der Waals surface area contributed by atoms with Gasteiger partial charge in [0.05, 0.1) is 25.8 Å². The number of hydrogen-bond acceptors (Lipinski definition) is 6. The summed E-state index contributed by atoms with van der Waals surface area (Å²) in [5.74, 6) is 0.898. The predicted octanol–water partition coefficient (Wildman–Crippen LogP) is 4.18. The number of thioether (sulfide) groups is 1. The molecule has 3 N–H and O–H groups in total. The van der Waals surface area contributed by atoms with Crippen LogP contribution in [0, 0.1) is 12.8 Å². The van der Waals surface area contributed by atoms with Crippen LogP contribution in [-0.2, 0) is 15.1 Å². The molecule has 1 saturated heterocycles. The smallest absolute Gasteiger partial charge is 0.250 e. The first-order chi connectivity index (χ1) is 15.8. The zero-order chi connectivity index (χ0) is 23.8. The topological polar surface area (TPSA) is 88.7 Å². The van der Waals surface area contributed by atoms with Crippen molar-refractivity contribution in [1.29, 1.82) is 0 Å². The quantitative estimate of drug-likeness (QED) is 0.540. The molecule has 0 bridgehead atoms. The van der Waals surface area contributed by atoms with Gasteiger partial charge >= 0.3 is 0 Å². The second-order valence-electron chi connectivity index (χ2n) is 8.37. The van der Waals surface area contributed by atoms with Crippen LogP contribution in [0.4, 0.5) is 11.4 Å². The van der Waals surface area contributed by atoms with Crippen molar-refractivity contribution >= 4 is 46.6 Å². The van der Waals surface area contributed by atoms with E-state index in [2.05, 4.69) is 16.0 Å². The predicted molar refractivity (Wildman–Crippen MR) is 133 cm³/mol. The lowest BCUT2D eigenvalue weighted by atomic mass is 9.79. The summed E-state index contributed by atoms with van der Waals surface area (Å²) in [7, 11) is 3.10. The van der Waals surface area contributed by atoms with Crippen LogP contribution in [0.1, 0.15) is 24.0 Å². The Kier molecular flexibility index (Phi) is 6.79. The molecular weight excluding hydrogens is 462 g/mol. The lowest BCUT2D eigenvalue weighted by molar-refractivity contribution is -0.130. The summed E-state index contributed by atoms with van der Waals surface area (Å²) in [4.78, 5) is 27.2. The first-order valence-corrected chi connectivity index (χ1v) is 12.5. The Morgan fingerprint density at radius 3 is 2.76 bits per heavy atom. The second kappa shape index (κ2) is 9.44. The molecule has 0 saturated carbocycles. The van der Waals surface area contributed by atoms with Crippen LogP contribution in [0.25, 0.3) is 0 Å². The van der Waals surface area contributed by atoms with E-state index in [0.29, 0.717) is 28.6 Å². The number of amides is 2. The fraction of sp³-hybridized carbons (Fsp3) is 0.417. The van der Waals surface area contributed by atoms with Crippen LogP contribution < -0.4 is 25.4 Å². The van der Waals surface area contributed by atoms with E-state index in [0.717, 1.165) is 29.0 Å². The zero-order valence-electron chi connectivity index (χ0n) is 19.1. The summed E-state index contributed by atoms with van der Waals surface area (Å²) in [5.41, 5.74) is 1.61. The minimum Gasteiger partial charge on any atom is -0.497 e. The van der Waals surface area contributed by atoms with Gasteiger partial charge in [0.1, 0.15) is 17.0 Å². The van der Waals surface area contributed by atoms with E-state index in [1.165, 1.54) is 0 Å². The molecule has 7 nitrogen and oxygen atoms in total. The molecule has 0 aliphatic carbocycles. The monoisotopic (exact) mass is 489 g/mol.